The van der Waals surface area contributed by atoms with Crippen LogP contribution < -0.4 is 10.1 Å². The number of hydrogen-bond donors (Lipinski definition) is 1. The minimum Gasteiger partial charge on any atom is -0.488 e. The van der Waals surface area contributed by atoms with Crippen molar-refractivity contribution in [1.82, 2.24) is 10.2 Å². The molecule has 0 saturated carbocycles. The molecule has 1 aliphatic heterocycles. The highest BCUT2D eigenvalue weighted by atomic mass is 35.5. The molecule has 0 spiro atoms. The van der Waals surface area contributed by atoms with E-state index in [0.29, 0.717) is 16.7 Å². The Balaban J connectivity index is 1.61. The fourth-order valence-corrected chi connectivity index (χ4v) is 3.79. The third kappa shape index (κ3) is 4.75. The van der Waals surface area contributed by atoms with Gasteiger partial charge in [-0.3, -0.25) is 9.69 Å². The van der Waals surface area contributed by atoms with Crippen molar-refractivity contribution >= 4 is 29.1 Å². The molecular weight excluding hydrogens is 383 g/mol. The van der Waals surface area contributed by atoms with E-state index in [9.17, 15) is 4.79 Å². The molecule has 4 nitrogen and oxygen atoms in total. The van der Waals surface area contributed by atoms with E-state index >= 15 is 0 Å². The zero-order valence-electron chi connectivity index (χ0n) is 15.8. The van der Waals surface area contributed by atoms with Crippen molar-refractivity contribution in [2.45, 2.75) is 27.0 Å². The number of likely N-dealkylation sites (tertiary alicyclic amines) is 1. The Bertz CT molecular complexity index is 825. The average Bonchev–Trinajstić information content (AvgIpc) is 2.59. The minimum absolute atomic E-state index is 0.117. The second-order valence-corrected chi connectivity index (χ2v) is 7.92. The molecule has 1 amide bonds. The number of aryl methyl sites for hydroxylation is 2. The summed E-state index contributed by atoms with van der Waals surface area (Å²) < 4.78 is 6.04. The number of rotatable bonds is 6. The number of carbonyl (C=O) groups is 1. The van der Waals surface area contributed by atoms with Gasteiger partial charge in [0.25, 0.3) is 0 Å². The maximum Gasteiger partial charge on any atom is 0.225 e. The number of halogens is 2. The third-order valence-corrected chi connectivity index (χ3v) is 5.61. The average molecular weight is 407 g/mol. The highest BCUT2D eigenvalue weighted by Crippen LogP contribution is 2.29. The van der Waals surface area contributed by atoms with E-state index in [0.717, 1.165) is 42.1 Å². The van der Waals surface area contributed by atoms with Gasteiger partial charge in [0, 0.05) is 26.7 Å². The number of hydrogen-bond acceptors (Lipinski definition) is 3. The van der Waals surface area contributed by atoms with Crippen LogP contribution in [0, 0.1) is 19.8 Å². The van der Waals surface area contributed by atoms with Crippen LogP contribution in [0.25, 0.3) is 0 Å². The van der Waals surface area contributed by atoms with E-state index < -0.39 is 0 Å². The quantitative estimate of drug-likeness (QED) is 0.774. The molecule has 2 aromatic carbocycles. The second-order valence-electron chi connectivity index (χ2n) is 7.10. The van der Waals surface area contributed by atoms with Gasteiger partial charge in [-0.1, -0.05) is 41.4 Å². The summed E-state index contributed by atoms with van der Waals surface area (Å²) in [5.41, 5.74) is 4.43. The fourth-order valence-electron chi connectivity index (χ4n) is 3.47. The van der Waals surface area contributed by atoms with Gasteiger partial charge in [-0.2, -0.15) is 0 Å². The normalized spacial score (nSPS) is 14.7. The first-order valence-corrected chi connectivity index (χ1v) is 9.73. The smallest absolute Gasteiger partial charge is 0.225 e. The Morgan fingerprint density at radius 2 is 1.78 bits per heavy atom. The Hall–Kier alpha value is -1.75. The summed E-state index contributed by atoms with van der Waals surface area (Å²) in [4.78, 5) is 13.9. The number of benzene rings is 2. The molecule has 0 radical (unpaired) electrons. The summed E-state index contributed by atoms with van der Waals surface area (Å²) in [6, 6.07) is 9.84. The van der Waals surface area contributed by atoms with Crippen LogP contribution in [-0.4, -0.2) is 30.9 Å². The van der Waals surface area contributed by atoms with Crippen molar-refractivity contribution in [2.75, 3.05) is 20.1 Å². The number of ether oxygens (including phenoxy) is 1. The monoisotopic (exact) mass is 406 g/mol. The van der Waals surface area contributed by atoms with Crippen molar-refractivity contribution in [3.05, 3.63) is 62.6 Å². The molecule has 2 aromatic rings. The number of nitrogens with zero attached hydrogens (tertiary/aromatic N) is 1. The molecule has 0 unspecified atom stereocenters. The molecule has 144 valence electrons. The van der Waals surface area contributed by atoms with E-state index in [4.69, 9.17) is 27.9 Å². The topological polar surface area (TPSA) is 41.6 Å². The highest BCUT2D eigenvalue weighted by molar-refractivity contribution is 6.42. The second kappa shape index (κ2) is 8.51. The van der Waals surface area contributed by atoms with Gasteiger partial charge in [0.2, 0.25) is 5.91 Å². The van der Waals surface area contributed by atoms with Crippen LogP contribution in [0.3, 0.4) is 0 Å². The maximum absolute atomic E-state index is 11.6. The summed E-state index contributed by atoms with van der Waals surface area (Å²) in [5.74, 6) is 1.15. The molecule has 1 N–H and O–H groups in total. The van der Waals surface area contributed by atoms with Gasteiger partial charge in [-0.05, 0) is 48.2 Å². The maximum atomic E-state index is 11.6. The van der Waals surface area contributed by atoms with E-state index in [1.165, 1.54) is 5.56 Å². The van der Waals surface area contributed by atoms with Crippen LogP contribution in [0.5, 0.6) is 5.75 Å². The third-order valence-electron chi connectivity index (χ3n) is 4.87. The van der Waals surface area contributed by atoms with Crippen molar-refractivity contribution in [1.29, 1.82) is 0 Å². The van der Waals surface area contributed by atoms with Crippen LogP contribution in [0.15, 0.2) is 30.3 Å². The first-order valence-electron chi connectivity index (χ1n) is 8.98. The minimum atomic E-state index is 0.117. The molecule has 27 heavy (non-hydrogen) atoms. The van der Waals surface area contributed by atoms with Gasteiger partial charge in [0.15, 0.2) is 0 Å². The summed E-state index contributed by atoms with van der Waals surface area (Å²) in [7, 11) is 1.69. The molecule has 0 bridgehead atoms. The molecular formula is C21H24Cl2N2O2. The fraction of sp³-hybridized carbons (Fsp3) is 0.381. The first kappa shape index (κ1) is 20.0. The molecule has 6 heteroatoms. The van der Waals surface area contributed by atoms with Crippen LogP contribution in [-0.2, 0) is 17.9 Å². The summed E-state index contributed by atoms with van der Waals surface area (Å²) >= 11 is 12.0. The summed E-state index contributed by atoms with van der Waals surface area (Å²) in [6.45, 7) is 7.04. The molecule has 0 aliphatic carbocycles. The zero-order chi connectivity index (χ0) is 19.6. The summed E-state index contributed by atoms with van der Waals surface area (Å²) in [5, 5.41) is 3.79. The Labute approximate surface area is 170 Å². The predicted molar refractivity (Wildman–Crippen MR) is 110 cm³/mol. The van der Waals surface area contributed by atoms with Crippen molar-refractivity contribution in [3.8, 4) is 5.75 Å². The largest absolute Gasteiger partial charge is 0.488 e. The van der Waals surface area contributed by atoms with Gasteiger partial charge in [0.05, 0.1) is 16.0 Å². The Morgan fingerprint density at radius 1 is 1.11 bits per heavy atom. The Morgan fingerprint density at radius 3 is 2.37 bits per heavy atom. The van der Waals surface area contributed by atoms with Gasteiger partial charge in [-0.25, -0.2) is 0 Å². The molecule has 1 aliphatic rings. The van der Waals surface area contributed by atoms with Crippen LogP contribution in [0.4, 0.5) is 0 Å². The van der Waals surface area contributed by atoms with Crippen LogP contribution >= 0.6 is 23.2 Å². The molecule has 3 rings (SSSR count). The predicted octanol–water partition coefficient (Wildman–Crippen LogP) is 4.37. The van der Waals surface area contributed by atoms with Crippen molar-refractivity contribution in [2.24, 2.45) is 5.92 Å². The van der Waals surface area contributed by atoms with Crippen molar-refractivity contribution in [3.63, 3.8) is 0 Å². The molecule has 1 saturated heterocycles. The highest BCUT2D eigenvalue weighted by Gasteiger charge is 2.31. The molecule has 1 fully saturated rings. The molecule has 1 heterocycles. The molecule has 0 aromatic heterocycles. The summed E-state index contributed by atoms with van der Waals surface area (Å²) in [6.07, 6.45) is 0. The van der Waals surface area contributed by atoms with E-state index in [1.807, 2.05) is 12.1 Å². The number of amides is 1. The van der Waals surface area contributed by atoms with Gasteiger partial charge < -0.3 is 10.1 Å². The SMILES string of the molecule is CNC(=O)C1CN(Cc2cc(C)c(OCc3ccc(Cl)c(Cl)c3)c(C)c2)C1. The lowest BCUT2D eigenvalue weighted by atomic mass is 9.97. The van der Waals surface area contributed by atoms with Crippen LogP contribution in [0.2, 0.25) is 10.0 Å². The lowest BCUT2D eigenvalue weighted by molar-refractivity contribution is -0.129. The zero-order valence-corrected chi connectivity index (χ0v) is 17.3. The van der Waals surface area contributed by atoms with E-state index in [1.54, 1.807) is 13.1 Å². The number of carbonyl (C=O) groups excluding carboxylic acids is 1. The number of nitrogens with one attached hydrogen (secondary N) is 1. The molecule has 0 atom stereocenters. The van der Waals surface area contributed by atoms with Gasteiger partial charge >= 0.3 is 0 Å². The standard InChI is InChI=1S/C21H24Cl2N2O2/c1-13-6-16(9-25-10-17(11-25)21(26)24-3)7-14(2)20(13)27-12-15-4-5-18(22)19(23)8-15/h4-8,17H,9-12H2,1-3H3,(H,24,26). The van der Waals surface area contributed by atoms with Gasteiger partial charge in [-0.15, -0.1) is 0 Å². The van der Waals surface area contributed by atoms with Crippen molar-refractivity contribution < 1.29 is 9.53 Å². The lowest BCUT2D eigenvalue weighted by Gasteiger charge is -2.38. The lowest BCUT2D eigenvalue weighted by Crippen LogP contribution is -2.52. The van der Waals surface area contributed by atoms with E-state index in [2.05, 4.69) is 36.2 Å². The van der Waals surface area contributed by atoms with Crippen LogP contribution in [0.1, 0.15) is 22.3 Å². The Kier molecular flexibility index (Phi) is 6.30. The van der Waals surface area contributed by atoms with Gasteiger partial charge in [0.1, 0.15) is 12.4 Å². The first-order chi connectivity index (χ1) is 12.9. The van der Waals surface area contributed by atoms with E-state index in [-0.39, 0.29) is 11.8 Å².